The summed E-state index contributed by atoms with van der Waals surface area (Å²) in [5.74, 6) is 0.795. The molecular weight excluding hydrogens is 212 g/mol. The monoisotopic (exact) mass is 234 g/mol. The van der Waals surface area contributed by atoms with Crippen LogP contribution < -0.4 is 10.5 Å². The molecule has 17 heavy (non-hydrogen) atoms. The minimum absolute atomic E-state index is 0.199. The highest BCUT2D eigenvalue weighted by Gasteiger charge is 2.18. The molecule has 1 aliphatic carbocycles. The van der Waals surface area contributed by atoms with Gasteiger partial charge in [-0.25, -0.2) is 4.98 Å². The highest BCUT2D eigenvalue weighted by Crippen LogP contribution is 2.25. The summed E-state index contributed by atoms with van der Waals surface area (Å²) in [6.07, 6.45) is 8.88. The third-order valence-corrected chi connectivity index (χ3v) is 3.44. The summed E-state index contributed by atoms with van der Waals surface area (Å²) in [5, 5.41) is 0. The van der Waals surface area contributed by atoms with Crippen molar-refractivity contribution in [2.75, 3.05) is 0 Å². The molecule has 0 bridgehead atoms. The number of nitrogens with two attached hydrogens (primary N) is 1. The lowest BCUT2D eigenvalue weighted by atomic mass is 10.1. The van der Waals surface area contributed by atoms with Crippen molar-refractivity contribution in [3.05, 3.63) is 23.9 Å². The Hall–Kier alpha value is -1.09. The number of hydrogen-bond acceptors (Lipinski definition) is 3. The SMILES string of the molecule is CCC(N)Cc1cccnc1OC1CCCC1. The van der Waals surface area contributed by atoms with Crippen molar-refractivity contribution in [2.45, 2.75) is 57.6 Å². The van der Waals surface area contributed by atoms with Gasteiger partial charge in [0.25, 0.3) is 0 Å². The first-order chi connectivity index (χ1) is 8.29. The van der Waals surface area contributed by atoms with Crippen LogP contribution in [-0.2, 0) is 6.42 Å². The van der Waals surface area contributed by atoms with Crippen LogP contribution in [0.25, 0.3) is 0 Å². The lowest BCUT2D eigenvalue weighted by molar-refractivity contribution is 0.199. The van der Waals surface area contributed by atoms with Gasteiger partial charge in [-0.2, -0.15) is 0 Å². The van der Waals surface area contributed by atoms with Crippen molar-refractivity contribution in [2.24, 2.45) is 5.73 Å². The molecule has 1 aromatic rings. The standard InChI is InChI=1S/C14H22N2O/c1-2-12(15)10-11-6-5-9-16-14(11)17-13-7-3-4-8-13/h5-6,9,12-13H,2-4,7-8,10,15H2,1H3. The van der Waals surface area contributed by atoms with Crippen LogP contribution in [0, 0.1) is 0 Å². The Morgan fingerprint density at radius 1 is 1.47 bits per heavy atom. The smallest absolute Gasteiger partial charge is 0.216 e. The van der Waals surface area contributed by atoms with Gasteiger partial charge in [0.2, 0.25) is 5.88 Å². The van der Waals surface area contributed by atoms with Crippen molar-refractivity contribution in [3.8, 4) is 5.88 Å². The summed E-state index contributed by atoms with van der Waals surface area (Å²) < 4.78 is 5.99. The third-order valence-electron chi connectivity index (χ3n) is 3.44. The topological polar surface area (TPSA) is 48.1 Å². The van der Waals surface area contributed by atoms with Crippen LogP contribution in [0.2, 0.25) is 0 Å². The maximum Gasteiger partial charge on any atom is 0.216 e. The summed E-state index contributed by atoms with van der Waals surface area (Å²) >= 11 is 0. The molecule has 94 valence electrons. The quantitative estimate of drug-likeness (QED) is 0.852. The first-order valence-electron chi connectivity index (χ1n) is 6.65. The van der Waals surface area contributed by atoms with E-state index in [1.165, 1.54) is 12.8 Å². The molecule has 1 atom stereocenters. The predicted octanol–water partition coefficient (Wildman–Crippen LogP) is 2.68. The third kappa shape index (κ3) is 3.43. The first kappa shape index (κ1) is 12.4. The van der Waals surface area contributed by atoms with Gasteiger partial charge in [0.15, 0.2) is 0 Å². The molecule has 0 saturated heterocycles. The largest absolute Gasteiger partial charge is 0.474 e. The van der Waals surface area contributed by atoms with Crippen LogP contribution in [0.15, 0.2) is 18.3 Å². The van der Waals surface area contributed by atoms with E-state index >= 15 is 0 Å². The zero-order valence-corrected chi connectivity index (χ0v) is 10.6. The van der Waals surface area contributed by atoms with Gasteiger partial charge in [-0.15, -0.1) is 0 Å². The lowest BCUT2D eigenvalue weighted by Crippen LogP contribution is -2.22. The molecule has 1 saturated carbocycles. The van der Waals surface area contributed by atoms with E-state index in [2.05, 4.69) is 18.0 Å². The van der Waals surface area contributed by atoms with E-state index in [0.29, 0.717) is 6.10 Å². The van der Waals surface area contributed by atoms with Crippen molar-refractivity contribution >= 4 is 0 Å². The molecule has 1 aromatic heterocycles. The maximum atomic E-state index is 6.00. The van der Waals surface area contributed by atoms with Crippen LogP contribution in [0.3, 0.4) is 0 Å². The molecule has 2 N–H and O–H groups in total. The molecule has 3 heteroatoms. The van der Waals surface area contributed by atoms with E-state index < -0.39 is 0 Å². The molecule has 1 heterocycles. The number of nitrogens with zero attached hydrogens (tertiary/aromatic N) is 1. The van der Waals surface area contributed by atoms with E-state index in [4.69, 9.17) is 10.5 Å². The Morgan fingerprint density at radius 2 is 2.24 bits per heavy atom. The second kappa shape index (κ2) is 6.01. The molecule has 0 radical (unpaired) electrons. The number of hydrogen-bond donors (Lipinski definition) is 1. The molecular formula is C14H22N2O. The van der Waals surface area contributed by atoms with Crippen LogP contribution in [0.1, 0.15) is 44.6 Å². The number of pyridine rings is 1. The second-order valence-corrected chi connectivity index (χ2v) is 4.86. The van der Waals surface area contributed by atoms with Gasteiger partial charge < -0.3 is 10.5 Å². The maximum absolute atomic E-state index is 6.00. The number of rotatable bonds is 5. The Morgan fingerprint density at radius 3 is 2.94 bits per heavy atom. The van der Waals surface area contributed by atoms with Gasteiger partial charge in [-0.3, -0.25) is 0 Å². The minimum Gasteiger partial charge on any atom is -0.474 e. The molecule has 1 aliphatic rings. The lowest BCUT2D eigenvalue weighted by Gasteiger charge is -2.16. The molecule has 0 aromatic carbocycles. The van der Waals surface area contributed by atoms with Gasteiger partial charge in [-0.05, 0) is 44.6 Å². The summed E-state index contributed by atoms with van der Waals surface area (Å²) in [7, 11) is 0. The molecule has 3 nitrogen and oxygen atoms in total. The fourth-order valence-electron chi connectivity index (χ4n) is 2.28. The fraction of sp³-hybridized carbons (Fsp3) is 0.643. The molecule has 1 unspecified atom stereocenters. The van der Waals surface area contributed by atoms with E-state index in [-0.39, 0.29) is 6.04 Å². The van der Waals surface area contributed by atoms with Gasteiger partial charge in [0.05, 0.1) is 0 Å². The van der Waals surface area contributed by atoms with Crippen LogP contribution in [0.4, 0.5) is 0 Å². The van der Waals surface area contributed by atoms with Crippen molar-refractivity contribution in [1.82, 2.24) is 4.98 Å². The zero-order valence-electron chi connectivity index (χ0n) is 10.6. The van der Waals surface area contributed by atoms with Crippen LogP contribution >= 0.6 is 0 Å². The van der Waals surface area contributed by atoms with Crippen molar-refractivity contribution in [3.63, 3.8) is 0 Å². The Bertz CT molecular complexity index is 348. The van der Waals surface area contributed by atoms with E-state index in [1.54, 1.807) is 6.20 Å². The van der Waals surface area contributed by atoms with Gasteiger partial charge in [0, 0.05) is 17.8 Å². The van der Waals surface area contributed by atoms with Gasteiger partial charge >= 0.3 is 0 Å². The average Bonchev–Trinajstić information content (AvgIpc) is 2.84. The predicted molar refractivity (Wildman–Crippen MR) is 69.1 cm³/mol. The fourth-order valence-corrected chi connectivity index (χ4v) is 2.28. The van der Waals surface area contributed by atoms with E-state index in [9.17, 15) is 0 Å². The Balaban J connectivity index is 2.04. The summed E-state index contributed by atoms with van der Waals surface area (Å²) in [6.45, 7) is 2.11. The molecule has 0 amide bonds. The highest BCUT2D eigenvalue weighted by molar-refractivity contribution is 5.26. The van der Waals surface area contributed by atoms with E-state index in [0.717, 1.165) is 37.1 Å². The summed E-state index contributed by atoms with van der Waals surface area (Å²) in [5.41, 5.74) is 7.15. The normalized spacial score (nSPS) is 18.2. The van der Waals surface area contributed by atoms with Crippen molar-refractivity contribution in [1.29, 1.82) is 0 Å². The number of aromatic nitrogens is 1. The Labute approximate surface area is 103 Å². The highest BCUT2D eigenvalue weighted by atomic mass is 16.5. The first-order valence-corrected chi connectivity index (χ1v) is 6.65. The average molecular weight is 234 g/mol. The van der Waals surface area contributed by atoms with Crippen LogP contribution in [-0.4, -0.2) is 17.1 Å². The molecule has 0 aliphatic heterocycles. The van der Waals surface area contributed by atoms with E-state index in [1.807, 2.05) is 6.07 Å². The molecule has 2 rings (SSSR count). The summed E-state index contributed by atoms with van der Waals surface area (Å²) in [4.78, 5) is 4.35. The minimum atomic E-state index is 0.199. The van der Waals surface area contributed by atoms with Crippen molar-refractivity contribution < 1.29 is 4.74 Å². The zero-order chi connectivity index (χ0) is 12.1. The summed E-state index contributed by atoms with van der Waals surface area (Å²) in [6, 6.07) is 4.23. The van der Waals surface area contributed by atoms with Crippen LogP contribution in [0.5, 0.6) is 5.88 Å². The van der Waals surface area contributed by atoms with Gasteiger partial charge in [0.1, 0.15) is 6.10 Å². The van der Waals surface area contributed by atoms with Gasteiger partial charge in [-0.1, -0.05) is 13.0 Å². The molecule has 1 fully saturated rings. The second-order valence-electron chi connectivity index (χ2n) is 4.86. The number of ether oxygens (including phenoxy) is 1. The Kier molecular flexibility index (Phi) is 4.37. The molecule has 0 spiro atoms.